The lowest BCUT2D eigenvalue weighted by Gasteiger charge is -2.34. The maximum Gasteiger partial charge on any atom is 0.407 e. The van der Waals surface area contributed by atoms with Gasteiger partial charge in [0.1, 0.15) is 12.4 Å². The molecule has 0 unspecified atom stereocenters. The van der Waals surface area contributed by atoms with E-state index >= 15 is 0 Å². The van der Waals surface area contributed by atoms with Crippen LogP contribution in [0.2, 0.25) is 5.02 Å². The molecule has 0 bridgehead atoms. The SMILES string of the molecule is Cc1c(C[C@H]2CCCCN2C(=O)O)cc(Cl)cc1OCCN. The van der Waals surface area contributed by atoms with Gasteiger partial charge in [-0.05, 0) is 55.9 Å². The molecule has 0 aromatic heterocycles. The molecular weight excluding hydrogens is 304 g/mol. The van der Waals surface area contributed by atoms with E-state index in [4.69, 9.17) is 22.1 Å². The Bertz CT molecular complexity index is 536. The molecule has 1 aromatic carbocycles. The lowest BCUT2D eigenvalue weighted by molar-refractivity contribution is 0.106. The molecule has 22 heavy (non-hydrogen) atoms. The average molecular weight is 327 g/mol. The maximum absolute atomic E-state index is 11.4. The Hall–Kier alpha value is -1.46. The van der Waals surface area contributed by atoms with Gasteiger partial charge in [-0.1, -0.05) is 11.6 Å². The summed E-state index contributed by atoms with van der Waals surface area (Å²) in [5, 5.41) is 9.94. The van der Waals surface area contributed by atoms with E-state index in [0.29, 0.717) is 31.1 Å². The summed E-state index contributed by atoms with van der Waals surface area (Å²) in [6.45, 7) is 3.46. The summed E-state index contributed by atoms with van der Waals surface area (Å²) in [5.74, 6) is 0.727. The van der Waals surface area contributed by atoms with Crippen molar-refractivity contribution in [2.75, 3.05) is 19.7 Å². The molecule has 1 aromatic rings. The van der Waals surface area contributed by atoms with Crippen LogP contribution < -0.4 is 10.5 Å². The van der Waals surface area contributed by atoms with Crippen LogP contribution in [0.3, 0.4) is 0 Å². The fourth-order valence-corrected chi connectivity index (χ4v) is 3.19. The van der Waals surface area contributed by atoms with Crippen LogP contribution in [0, 0.1) is 6.92 Å². The highest BCUT2D eigenvalue weighted by molar-refractivity contribution is 6.30. The van der Waals surface area contributed by atoms with Gasteiger partial charge >= 0.3 is 6.09 Å². The Balaban J connectivity index is 2.20. The predicted octanol–water partition coefficient (Wildman–Crippen LogP) is 3.06. The molecule has 1 aliphatic heterocycles. The molecule has 1 amide bonds. The molecule has 1 fully saturated rings. The van der Waals surface area contributed by atoms with E-state index in [9.17, 15) is 9.90 Å². The van der Waals surface area contributed by atoms with Crippen LogP contribution in [0.1, 0.15) is 30.4 Å². The number of nitrogens with zero attached hydrogens (tertiary/aromatic N) is 1. The number of amides is 1. The van der Waals surface area contributed by atoms with Gasteiger partial charge in [-0.15, -0.1) is 0 Å². The minimum absolute atomic E-state index is 0.00535. The highest BCUT2D eigenvalue weighted by atomic mass is 35.5. The van der Waals surface area contributed by atoms with Gasteiger partial charge in [-0.3, -0.25) is 0 Å². The van der Waals surface area contributed by atoms with Crippen LogP contribution in [0.25, 0.3) is 0 Å². The normalized spacial score (nSPS) is 18.3. The van der Waals surface area contributed by atoms with E-state index in [0.717, 1.165) is 36.1 Å². The van der Waals surface area contributed by atoms with E-state index < -0.39 is 6.09 Å². The second kappa shape index (κ2) is 7.70. The summed E-state index contributed by atoms with van der Waals surface area (Å²) in [7, 11) is 0. The van der Waals surface area contributed by atoms with E-state index in [2.05, 4.69) is 0 Å². The first-order valence-corrected chi connectivity index (χ1v) is 8.02. The summed E-state index contributed by atoms with van der Waals surface area (Å²) >= 11 is 6.18. The summed E-state index contributed by atoms with van der Waals surface area (Å²) in [6, 6.07) is 3.69. The standard InChI is InChI=1S/C16H23ClN2O3/c1-11-12(8-13(17)10-15(11)22-7-5-18)9-14-4-2-3-6-19(14)16(20)21/h8,10,14H,2-7,9,18H2,1H3,(H,20,21)/t14-/m1/s1. The lowest BCUT2D eigenvalue weighted by atomic mass is 9.93. The number of rotatable bonds is 5. The largest absolute Gasteiger partial charge is 0.492 e. The first-order valence-electron chi connectivity index (χ1n) is 7.64. The zero-order valence-corrected chi connectivity index (χ0v) is 13.6. The molecule has 1 atom stereocenters. The number of ether oxygens (including phenoxy) is 1. The zero-order valence-electron chi connectivity index (χ0n) is 12.8. The van der Waals surface area contributed by atoms with Crippen molar-refractivity contribution < 1.29 is 14.6 Å². The van der Waals surface area contributed by atoms with Gasteiger partial charge in [0.05, 0.1) is 0 Å². The fraction of sp³-hybridized carbons (Fsp3) is 0.562. The highest BCUT2D eigenvalue weighted by Crippen LogP contribution is 2.30. The molecule has 1 saturated heterocycles. The molecule has 0 radical (unpaired) electrons. The first kappa shape index (κ1) is 16.9. The van der Waals surface area contributed by atoms with E-state index in [1.54, 1.807) is 11.0 Å². The summed E-state index contributed by atoms with van der Waals surface area (Å²) in [6.07, 6.45) is 2.70. The Morgan fingerprint density at radius 1 is 1.50 bits per heavy atom. The fourth-order valence-electron chi connectivity index (χ4n) is 2.96. The third kappa shape index (κ3) is 4.05. The van der Waals surface area contributed by atoms with Gasteiger partial charge in [0.15, 0.2) is 0 Å². The lowest BCUT2D eigenvalue weighted by Crippen LogP contribution is -2.44. The van der Waals surface area contributed by atoms with Gasteiger partial charge < -0.3 is 20.5 Å². The molecule has 0 aliphatic carbocycles. The third-order valence-electron chi connectivity index (χ3n) is 4.14. The Kier molecular flexibility index (Phi) is 5.91. The van der Waals surface area contributed by atoms with Crippen LogP contribution >= 0.6 is 11.6 Å². The smallest absolute Gasteiger partial charge is 0.407 e. The average Bonchev–Trinajstić information content (AvgIpc) is 2.49. The molecular formula is C16H23ClN2O3. The van der Waals surface area contributed by atoms with E-state index in [1.807, 2.05) is 13.0 Å². The maximum atomic E-state index is 11.4. The van der Waals surface area contributed by atoms with Crippen molar-refractivity contribution in [2.24, 2.45) is 5.73 Å². The summed E-state index contributed by atoms with van der Waals surface area (Å²) < 4.78 is 5.63. The monoisotopic (exact) mass is 326 g/mol. The highest BCUT2D eigenvalue weighted by Gasteiger charge is 2.27. The molecule has 122 valence electrons. The molecule has 6 heteroatoms. The number of piperidine rings is 1. The minimum Gasteiger partial charge on any atom is -0.492 e. The number of hydrogen-bond donors (Lipinski definition) is 2. The Morgan fingerprint density at radius 3 is 2.95 bits per heavy atom. The molecule has 5 nitrogen and oxygen atoms in total. The number of likely N-dealkylation sites (tertiary alicyclic amines) is 1. The van der Waals surface area contributed by atoms with Crippen molar-refractivity contribution in [1.82, 2.24) is 4.90 Å². The van der Waals surface area contributed by atoms with Gasteiger partial charge in [0, 0.05) is 24.2 Å². The van der Waals surface area contributed by atoms with Crippen molar-refractivity contribution in [3.8, 4) is 5.75 Å². The Labute approximate surface area is 136 Å². The van der Waals surface area contributed by atoms with Crippen LogP contribution in [-0.2, 0) is 6.42 Å². The number of hydrogen-bond acceptors (Lipinski definition) is 3. The van der Waals surface area contributed by atoms with Crippen LogP contribution in [0.15, 0.2) is 12.1 Å². The number of carbonyl (C=O) groups is 1. The van der Waals surface area contributed by atoms with E-state index in [1.165, 1.54) is 0 Å². The molecule has 3 N–H and O–H groups in total. The van der Waals surface area contributed by atoms with Crippen LogP contribution in [0.4, 0.5) is 4.79 Å². The van der Waals surface area contributed by atoms with E-state index in [-0.39, 0.29) is 6.04 Å². The quantitative estimate of drug-likeness (QED) is 0.872. The molecule has 2 rings (SSSR count). The minimum atomic E-state index is -0.844. The molecule has 1 heterocycles. The van der Waals surface area contributed by atoms with Crippen molar-refractivity contribution in [3.05, 3.63) is 28.3 Å². The number of nitrogens with two attached hydrogens (primary N) is 1. The first-order chi connectivity index (χ1) is 10.5. The second-order valence-electron chi connectivity index (χ2n) is 5.65. The third-order valence-corrected chi connectivity index (χ3v) is 4.35. The molecule has 0 spiro atoms. The Morgan fingerprint density at radius 2 is 2.27 bits per heavy atom. The van der Waals surface area contributed by atoms with Gasteiger partial charge in [-0.25, -0.2) is 4.79 Å². The van der Waals surface area contributed by atoms with Crippen LogP contribution in [-0.4, -0.2) is 41.8 Å². The van der Waals surface area contributed by atoms with Crippen molar-refractivity contribution in [1.29, 1.82) is 0 Å². The second-order valence-corrected chi connectivity index (χ2v) is 6.09. The topological polar surface area (TPSA) is 75.8 Å². The van der Waals surface area contributed by atoms with Gasteiger partial charge in [0.2, 0.25) is 0 Å². The summed E-state index contributed by atoms with van der Waals surface area (Å²) in [4.78, 5) is 12.9. The van der Waals surface area contributed by atoms with Crippen molar-refractivity contribution in [3.63, 3.8) is 0 Å². The molecule has 0 saturated carbocycles. The number of halogens is 1. The summed E-state index contributed by atoms with van der Waals surface area (Å²) in [5.41, 5.74) is 7.52. The zero-order chi connectivity index (χ0) is 16.1. The van der Waals surface area contributed by atoms with Gasteiger partial charge in [0.25, 0.3) is 0 Å². The predicted molar refractivity (Wildman–Crippen MR) is 86.8 cm³/mol. The number of benzene rings is 1. The van der Waals surface area contributed by atoms with Gasteiger partial charge in [-0.2, -0.15) is 0 Å². The molecule has 1 aliphatic rings. The van der Waals surface area contributed by atoms with Crippen molar-refractivity contribution >= 4 is 17.7 Å². The van der Waals surface area contributed by atoms with Crippen molar-refractivity contribution in [2.45, 2.75) is 38.6 Å². The van der Waals surface area contributed by atoms with Crippen LogP contribution in [0.5, 0.6) is 5.75 Å². The number of carboxylic acid groups (broad SMARTS) is 1.